The first-order valence-corrected chi connectivity index (χ1v) is 11.4. The number of carbonyl (C=O) groups excluding carboxylic acids is 2. The molecular weight excluding hydrogens is 398 g/mol. The van der Waals surface area contributed by atoms with Gasteiger partial charge < -0.3 is 5.11 Å². The van der Waals surface area contributed by atoms with Gasteiger partial charge in [0.2, 0.25) is 0 Å². The largest absolute Gasteiger partial charge is 0.380 e. The third-order valence-corrected chi connectivity index (χ3v) is 6.30. The van der Waals surface area contributed by atoms with Crippen molar-refractivity contribution in [2.24, 2.45) is 0 Å². The molecule has 1 aliphatic rings. The van der Waals surface area contributed by atoms with Crippen molar-refractivity contribution in [2.75, 3.05) is 6.54 Å². The summed E-state index contributed by atoms with van der Waals surface area (Å²) < 4.78 is 0. The highest BCUT2D eigenvalue weighted by atomic mass is 16.3. The number of hydrogen-bond donors (Lipinski definition) is 1. The fraction of sp³-hybridized carbons (Fsp3) is 0.286. The normalized spacial score (nSPS) is 13.5. The molecule has 32 heavy (non-hydrogen) atoms. The maximum absolute atomic E-state index is 12.4. The van der Waals surface area contributed by atoms with E-state index in [-0.39, 0.29) is 11.8 Å². The monoisotopic (exact) mass is 427 g/mol. The average molecular weight is 428 g/mol. The Morgan fingerprint density at radius 1 is 0.594 bits per heavy atom. The molecule has 0 spiro atoms. The van der Waals surface area contributed by atoms with Crippen molar-refractivity contribution < 1.29 is 14.7 Å². The molecule has 0 aromatic heterocycles. The molecule has 164 valence electrons. The Morgan fingerprint density at radius 2 is 1.03 bits per heavy atom. The van der Waals surface area contributed by atoms with Gasteiger partial charge >= 0.3 is 0 Å². The predicted octanol–water partition coefficient (Wildman–Crippen LogP) is 5.56. The fourth-order valence-electron chi connectivity index (χ4n) is 4.51. The van der Waals surface area contributed by atoms with Crippen LogP contribution in [0.1, 0.15) is 70.4 Å². The lowest BCUT2D eigenvalue weighted by molar-refractivity contribution is 0.0644. The molecule has 3 aromatic carbocycles. The summed E-state index contributed by atoms with van der Waals surface area (Å²) in [7, 11) is 0. The second-order valence-corrected chi connectivity index (χ2v) is 8.42. The van der Waals surface area contributed by atoms with E-state index >= 15 is 0 Å². The van der Waals surface area contributed by atoms with Crippen LogP contribution in [0.2, 0.25) is 0 Å². The molecule has 0 saturated carbocycles. The predicted molar refractivity (Wildman–Crippen MR) is 125 cm³/mol. The van der Waals surface area contributed by atoms with Crippen LogP contribution in [0.15, 0.2) is 84.9 Å². The number of amides is 2. The van der Waals surface area contributed by atoms with Crippen LogP contribution in [0.4, 0.5) is 0 Å². The molecule has 1 aliphatic heterocycles. The molecule has 2 amide bonds. The van der Waals surface area contributed by atoms with E-state index in [2.05, 4.69) is 0 Å². The van der Waals surface area contributed by atoms with Crippen LogP contribution in [-0.2, 0) is 5.60 Å². The summed E-state index contributed by atoms with van der Waals surface area (Å²) in [6.07, 6.45) is 5.29. The first-order valence-electron chi connectivity index (χ1n) is 11.4. The molecule has 3 aromatic rings. The average Bonchev–Trinajstić information content (AvgIpc) is 3.09. The Bertz CT molecular complexity index is 988. The van der Waals surface area contributed by atoms with Crippen LogP contribution in [0, 0.1) is 0 Å². The number of unbranched alkanes of at least 4 members (excludes halogenated alkanes) is 4. The van der Waals surface area contributed by atoms with Gasteiger partial charge in [-0.2, -0.15) is 0 Å². The maximum Gasteiger partial charge on any atom is 0.261 e. The maximum atomic E-state index is 12.4. The van der Waals surface area contributed by atoms with Gasteiger partial charge in [-0.1, -0.05) is 92.1 Å². The number of aliphatic hydroxyl groups is 1. The van der Waals surface area contributed by atoms with Crippen LogP contribution in [0.25, 0.3) is 0 Å². The Balaban J connectivity index is 1.25. The minimum Gasteiger partial charge on any atom is -0.380 e. The topological polar surface area (TPSA) is 57.6 Å². The molecule has 0 fully saturated rings. The number of carbonyl (C=O) groups is 2. The van der Waals surface area contributed by atoms with Crippen molar-refractivity contribution in [3.8, 4) is 0 Å². The highest BCUT2D eigenvalue weighted by Crippen LogP contribution is 2.34. The van der Waals surface area contributed by atoms with E-state index in [0.717, 1.165) is 43.2 Å². The highest BCUT2D eigenvalue weighted by Gasteiger charge is 2.34. The fourth-order valence-corrected chi connectivity index (χ4v) is 4.51. The van der Waals surface area contributed by atoms with Crippen LogP contribution in [0.3, 0.4) is 0 Å². The number of imide groups is 1. The van der Waals surface area contributed by atoms with Crippen molar-refractivity contribution in [3.63, 3.8) is 0 Å². The Labute approximate surface area is 189 Å². The van der Waals surface area contributed by atoms with E-state index in [1.54, 1.807) is 24.3 Å². The number of fused-ring (bicyclic) bond motifs is 1. The van der Waals surface area contributed by atoms with Crippen LogP contribution in [0.5, 0.6) is 0 Å². The molecular formula is C28H29NO3. The molecule has 0 atom stereocenters. The molecule has 1 N–H and O–H groups in total. The van der Waals surface area contributed by atoms with E-state index in [0.29, 0.717) is 24.1 Å². The molecule has 1 heterocycles. The number of benzene rings is 3. The lowest BCUT2D eigenvalue weighted by atomic mass is 9.82. The summed E-state index contributed by atoms with van der Waals surface area (Å²) in [5.41, 5.74) is 1.86. The van der Waals surface area contributed by atoms with Gasteiger partial charge in [0.25, 0.3) is 11.8 Å². The van der Waals surface area contributed by atoms with Crippen molar-refractivity contribution in [2.45, 2.75) is 44.1 Å². The molecule has 0 bridgehead atoms. The standard InChI is InChI=1S/C28H29NO3/c30-26-24-18-10-11-19-25(24)27(31)29(26)21-13-3-1-2-12-20-28(32,22-14-6-4-7-15-22)23-16-8-5-9-17-23/h4-11,14-19,32H,1-3,12-13,20-21H2. The molecule has 4 heteroatoms. The minimum atomic E-state index is -0.997. The van der Waals surface area contributed by atoms with E-state index in [4.69, 9.17) is 0 Å². The van der Waals surface area contributed by atoms with Gasteiger partial charge in [0.05, 0.1) is 11.1 Å². The zero-order valence-corrected chi connectivity index (χ0v) is 18.2. The van der Waals surface area contributed by atoms with Gasteiger partial charge in [-0.15, -0.1) is 0 Å². The molecule has 0 unspecified atom stereocenters. The number of rotatable bonds is 10. The summed E-state index contributed by atoms with van der Waals surface area (Å²) in [5.74, 6) is -0.359. The lowest BCUT2D eigenvalue weighted by Gasteiger charge is -2.29. The summed E-state index contributed by atoms with van der Waals surface area (Å²) in [4.78, 5) is 26.2. The third kappa shape index (κ3) is 4.51. The number of hydrogen-bond acceptors (Lipinski definition) is 3. The first kappa shape index (κ1) is 22.0. The van der Waals surface area contributed by atoms with Gasteiger partial charge in [0, 0.05) is 6.54 Å². The van der Waals surface area contributed by atoms with Gasteiger partial charge in [0.15, 0.2) is 0 Å². The van der Waals surface area contributed by atoms with E-state index in [9.17, 15) is 14.7 Å². The Morgan fingerprint density at radius 3 is 1.56 bits per heavy atom. The molecule has 4 nitrogen and oxygen atoms in total. The van der Waals surface area contributed by atoms with Gasteiger partial charge in [-0.25, -0.2) is 0 Å². The second-order valence-electron chi connectivity index (χ2n) is 8.42. The smallest absolute Gasteiger partial charge is 0.261 e. The summed E-state index contributed by atoms with van der Waals surface area (Å²) in [6, 6.07) is 26.7. The summed E-state index contributed by atoms with van der Waals surface area (Å²) >= 11 is 0. The van der Waals surface area contributed by atoms with E-state index < -0.39 is 5.60 Å². The van der Waals surface area contributed by atoms with Crippen LogP contribution < -0.4 is 0 Å². The van der Waals surface area contributed by atoms with E-state index in [1.165, 1.54) is 4.90 Å². The zero-order chi connectivity index (χ0) is 22.4. The molecule has 4 rings (SSSR count). The third-order valence-electron chi connectivity index (χ3n) is 6.30. The summed E-state index contributed by atoms with van der Waals surface area (Å²) in [6.45, 7) is 0.463. The van der Waals surface area contributed by atoms with Crippen molar-refractivity contribution >= 4 is 11.8 Å². The van der Waals surface area contributed by atoms with Crippen molar-refractivity contribution in [1.29, 1.82) is 0 Å². The number of nitrogens with zero attached hydrogens (tertiary/aromatic N) is 1. The van der Waals surface area contributed by atoms with Gasteiger partial charge in [-0.3, -0.25) is 14.5 Å². The van der Waals surface area contributed by atoms with Gasteiger partial charge in [-0.05, 0) is 42.5 Å². The first-order chi connectivity index (χ1) is 15.6. The highest BCUT2D eigenvalue weighted by molar-refractivity contribution is 6.21. The lowest BCUT2D eigenvalue weighted by Crippen LogP contribution is -2.30. The Kier molecular flexibility index (Phi) is 6.81. The minimum absolute atomic E-state index is 0.179. The van der Waals surface area contributed by atoms with Crippen LogP contribution >= 0.6 is 0 Å². The van der Waals surface area contributed by atoms with Crippen LogP contribution in [-0.4, -0.2) is 28.4 Å². The van der Waals surface area contributed by atoms with Crippen molar-refractivity contribution in [1.82, 2.24) is 4.90 Å². The zero-order valence-electron chi connectivity index (χ0n) is 18.2. The molecule has 0 radical (unpaired) electrons. The Hall–Kier alpha value is -3.24. The van der Waals surface area contributed by atoms with Crippen molar-refractivity contribution in [3.05, 3.63) is 107 Å². The second kappa shape index (κ2) is 9.92. The summed E-state index contributed by atoms with van der Waals surface area (Å²) in [5, 5.41) is 11.6. The SMILES string of the molecule is O=C1c2ccccc2C(=O)N1CCCCCCCC(O)(c1ccccc1)c1ccccc1. The quantitative estimate of drug-likeness (QED) is 0.340. The molecule has 0 saturated heterocycles. The van der Waals surface area contributed by atoms with Gasteiger partial charge in [0.1, 0.15) is 5.60 Å². The van der Waals surface area contributed by atoms with E-state index in [1.807, 2.05) is 60.7 Å². The molecule has 0 aliphatic carbocycles.